The zero-order chi connectivity index (χ0) is 14.6. The fourth-order valence-corrected chi connectivity index (χ4v) is 1.59. The highest BCUT2D eigenvalue weighted by Gasteiger charge is 2.16. The molecule has 104 valence electrons. The monoisotopic (exact) mass is 270 g/mol. The fraction of sp³-hybridized carbons (Fsp3) is 0.267. The van der Waals surface area contributed by atoms with Crippen LogP contribution in [0.4, 0.5) is 11.5 Å². The molecule has 0 radical (unpaired) electrons. The van der Waals surface area contributed by atoms with E-state index in [9.17, 15) is 4.79 Å². The molecular weight excluding hydrogens is 252 g/mol. The summed E-state index contributed by atoms with van der Waals surface area (Å²) in [5.41, 5.74) is 0.937. The van der Waals surface area contributed by atoms with E-state index in [-0.39, 0.29) is 11.4 Å². The van der Waals surface area contributed by atoms with E-state index in [1.54, 1.807) is 12.1 Å². The minimum atomic E-state index is -0.292. The van der Waals surface area contributed by atoms with Gasteiger partial charge in [-0.3, -0.25) is 4.79 Å². The molecule has 5 nitrogen and oxygen atoms in total. The third-order valence-corrected chi connectivity index (χ3v) is 2.43. The normalized spacial score (nSPS) is 10.9. The maximum Gasteiger partial charge on any atom is 0.272 e. The Morgan fingerprint density at radius 1 is 1.00 bits per heavy atom. The van der Waals surface area contributed by atoms with Crippen LogP contribution in [0.2, 0.25) is 0 Å². The zero-order valence-electron chi connectivity index (χ0n) is 11.8. The van der Waals surface area contributed by atoms with Crippen molar-refractivity contribution in [1.82, 2.24) is 15.5 Å². The van der Waals surface area contributed by atoms with Crippen molar-refractivity contribution < 1.29 is 4.79 Å². The molecule has 0 fully saturated rings. The van der Waals surface area contributed by atoms with Gasteiger partial charge in [0.05, 0.1) is 0 Å². The quantitative estimate of drug-likeness (QED) is 0.900. The van der Waals surface area contributed by atoms with Crippen LogP contribution >= 0.6 is 0 Å². The minimum absolute atomic E-state index is 0.226. The van der Waals surface area contributed by atoms with Crippen molar-refractivity contribution in [2.24, 2.45) is 0 Å². The Morgan fingerprint density at radius 2 is 1.70 bits per heavy atom. The van der Waals surface area contributed by atoms with E-state index in [0.29, 0.717) is 11.5 Å². The highest BCUT2D eigenvalue weighted by atomic mass is 16.2. The van der Waals surface area contributed by atoms with Crippen LogP contribution in [-0.2, 0) is 0 Å². The van der Waals surface area contributed by atoms with Crippen molar-refractivity contribution in [3.63, 3.8) is 0 Å². The summed E-state index contributed by atoms with van der Waals surface area (Å²) in [6, 6.07) is 13.1. The lowest BCUT2D eigenvalue weighted by Gasteiger charge is -2.19. The van der Waals surface area contributed by atoms with Gasteiger partial charge in [-0.1, -0.05) is 18.2 Å². The van der Waals surface area contributed by atoms with E-state index in [0.717, 1.165) is 5.69 Å². The van der Waals surface area contributed by atoms with Crippen molar-refractivity contribution in [3.05, 3.63) is 48.2 Å². The van der Waals surface area contributed by atoms with Crippen LogP contribution in [0.5, 0.6) is 0 Å². The van der Waals surface area contributed by atoms with Gasteiger partial charge in [0.1, 0.15) is 0 Å². The van der Waals surface area contributed by atoms with Crippen molar-refractivity contribution in [3.8, 4) is 0 Å². The Bertz CT molecular complexity index is 573. The number of hydrogen-bond donors (Lipinski definition) is 2. The minimum Gasteiger partial charge on any atom is -0.346 e. The smallest absolute Gasteiger partial charge is 0.272 e. The fourth-order valence-electron chi connectivity index (χ4n) is 1.59. The number of aromatic nitrogens is 2. The summed E-state index contributed by atoms with van der Waals surface area (Å²) < 4.78 is 0. The predicted octanol–water partition coefficient (Wildman–Crippen LogP) is 2.75. The summed E-state index contributed by atoms with van der Waals surface area (Å²) in [7, 11) is 0. The van der Waals surface area contributed by atoms with E-state index in [1.807, 2.05) is 51.1 Å². The maximum atomic E-state index is 11.9. The second kappa shape index (κ2) is 5.69. The molecule has 0 atom stereocenters. The first-order valence-electron chi connectivity index (χ1n) is 6.42. The SMILES string of the molecule is CC(C)(C)NC(=O)c1ccc(Nc2ccccc2)nn1. The van der Waals surface area contributed by atoms with Crippen LogP contribution in [0.25, 0.3) is 0 Å². The van der Waals surface area contributed by atoms with Crippen molar-refractivity contribution in [1.29, 1.82) is 0 Å². The van der Waals surface area contributed by atoms with E-state index in [4.69, 9.17) is 0 Å². The molecule has 2 rings (SSSR count). The summed E-state index contributed by atoms with van der Waals surface area (Å²) in [6.07, 6.45) is 0. The number of nitrogens with zero attached hydrogens (tertiary/aromatic N) is 2. The Labute approximate surface area is 118 Å². The number of amides is 1. The number of carbonyl (C=O) groups excluding carboxylic acids is 1. The lowest BCUT2D eigenvalue weighted by Crippen LogP contribution is -2.41. The Hall–Kier alpha value is -2.43. The molecule has 1 amide bonds. The first-order valence-corrected chi connectivity index (χ1v) is 6.42. The van der Waals surface area contributed by atoms with Crippen LogP contribution < -0.4 is 10.6 Å². The molecule has 1 aromatic carbocycles. The molecule has 0 aliphatic heterocycles. The Morgan fingerprint density at radius 3 is 2.25 bits per heavy atom. The van der Waals surface area contributed by atoms with Crippen LogP contribution in [0, 0.1) is 0 Å². The third kappa shape index (κ3) is 4.05. The van der Waals surface area contributed by atoms with Gasteiger partial charge < -0.3 is 10.6 Å². The average Bonchev–Trinajstić information content (AvgIpc) is 2.39. The molecule has 2 aromatic rings. The second-order valence-electron chi connectivity index (χ2n) is 5.50. The van der Waals surface area contributed by atoms with Gasteiger partial charge in [-0.15, -0.1) is 10.2 Å². The average molecular weight is 270 g/mol. The lowest BCUT2D eigenvalue weighted by atomic mass is 10.1. The summed E-state index contributed by atoms with van der Waals surface area (Å²) in [6.45, 7) is 5.76. The van der Waals surface area contributed by atoms with Gasteiger partial charge in [-0.25, -0.2) is 0 Å². The summed E-state index contributed by atoms with van der Waals surface area (Å²) in [4.78, 5) is 11.9. The molecular formula is C15H18N4O. The van der Waals surface area contributed by atoms with Gasteiger partial charge in [0.2, 0.25) is 0 Å². The molecule has 0 saturated carbocycles. The molecule has 0 aliphatic rings. The first-order chi connectivity index (χ1) is 9.44. The third-order valence-electron chi connectivity index (χ3n) is 2.43. The van der Waals surface area contributed by atoms with Crippen LogP contribution in [0.3, 0.4) is 0 Å². The number of benzene rings is 1. The Balaban J connectivity index is 2.05. The van der Waals surface area contributed by atoms with Gasteiger partial charge in [0.15, 0.2) is 11.5 Å². The topological polar surface area (TPSA) is 66.9 Å². The van der Waals surface area contributed by atoms with Gasteiger partial charge in [-0.2, -0.15) is 0 Å². The molecule has 0 bridgehead atoms. The first kappa shape index (κ1) is 14.0. The maximum absolute atomic E-state index is 11.9. The van der Waals surface area contributed by atoms with Crippen LogP contribution in [0.15, 0.2) is 42.5 Å². The van der Waals surface area contributed by atoms with Crippen LogP contribution in [-0.4, -0.2) is 21.6 Å². The van der Waals surface area contributed by atoms with Crippen LogP contribution in [0.1, 0.15) is 31.3 Å². The largest absolute Gasteiger partial charge is 0.346 e. The second-order valence-corrected chi connectivity index (χ2v) is 5.50. The molecule has 0 aliphatic carbocycles. The zero-order valence-corrected chi connectivity index (χ0v) is 11.8. The number of hydrogen-bond acceptors (Lipinski definition) is 4. The highest BCUT2D eigenvalue weighted by molar-refractivity contribution is 5.92. The van der Waals surface area contributed by atoms with E-state index in [1.165, 1.54) is 0 Å². The van der Waals surface area contributed by atoms with Crippen molar-refractivity contribution in [2.45, 2.75) is 26.3 Å². The molecule has 1 aromatic heterocycles. The van der Waals surface area contributed by atoms with Gasteiger partial charge in [0.25, 0.3) is 5.91 Å². The lowest BCUT2D eigenvalue weighted by molar-refractivity contribution is 0.0913. The summed E-state index contributed by atoms with van der Waals surface area (Å²) in [5, 5.41) is 13.9. The summed E-state index contributed by atoms with van der Waals surface area (Å²) >= 11 is 0. The van der Waals surface area contributed by atoms with E-state index >= 15 is 0 Å². The standard InChI is InChI=1S/C15H18N4O/c1-15(2,3)17-14(20)12-9-10-13(19-18-12)16-11-7-5-4-6-8-11/h4-10H,1-3H3,(H,16,19)(H,17,20). The van der Waals surface area contributed by atoms with Gasteiger partial charge in [0, 0.05) is 11.2 Å². The predicted molar refractivity (Wildman–Crippen MR) is 79.0 cm³/mol. The molecule has 1 heterocycles. The number of para-hydroxylation sites is 1. The molecule has 2 N–H and O–H groups in total. The molecule has 0 spiro atoms. The summed E-state index contributed by atoms with van der Waals surface area (Å²) in [5.74, 6) is 0.375. The molecule has 5 heteroatoms. The van der Waals surface area contributed by atoms with E-state index < -0.39 is 0 Å². The van der Waals surface area contributed by atoms with Crippen molar-refractivity contribution >= 4 is 17.4 Å². The van der Waals surface area contributed by atoms with Crippen molar-refractivity contribution in [2.75, 3.05) is 5.32 Å². The molecule has 0 saturated heterocycles. The van der Waals surface area contributed by atoms with E-state index in [2.05, 4.69) is 20.8 Å². The molecule has 0 unspecified atom stereocenters. The highest BCUT2D eigenvalue weighted by Crippen LogP contribution is 2.13. The number of anilines is 2. The van der Waals surface area contributed by atoms with Gasteiger partial charge >= 0.3 is 0 Å². The van der Waals surface area contributed by atoms with Gasteiger partial charge in [-0.05, 0) is 45.0 Å². The molecule has 20 heavy (non-hydrogen) atoms. The number of carbonyl (C=O) groups is 1. The Kier molecular flexibility index (Phi) is 3.98. The number of nitrogens with one attached hydrogen (secondary N) is 2. The number of rotatable bonds is 3.